The summed E-state index contributed by atoms with van der Waals surface area (Å²) in [5.74, 6) is 0.701. The number of ether oxygens (including phenoxy) is 1. The molecule has 0 aliphatic rings. The zero-order valence-electron chi connectivity index (χ0n) is 8.24. The summed E-state index contributed by atoms with van der Waals surface area (Å²) in [4.78, 5) is 1.15. The molecular weight excluding hydrogens is 354 g/mol. The van der Waals surface area contributed by atoms with Crippen molar-refractivity contribution in [3.63, 3.8) is 0 Å². The lowest BCUT2D eigenvalue weighted by Gasteiger charge is -2.09. The number of halogens is 2. The van der Waals surface area contributed by atoms with E-state index in [-0.39, 0.29) is 0 Å². The molecule has 0 aliphatic heterocycles. The average molecular weight is 363 g/mol. The minimum Gasteiger partial charge on any atom is -0.485 e. The number of hydrogen-bond acceptors (Lipinski definition) is 3. The van der Waals surface area contributed by atoms with Crippen LogP contribution in [0.25, 0.3) is 0 Å². The van der Waals surface area contributed by atoms with E-state index in [1.165, 1.54) is 0 Å². The molecule has 2 nitrogen and oxygen atoms in total. The van der Waals surface area contributed by atoms with Crippen molar-refractivity contribution >= 4 is 48.9 Å². The van der Waals surface area contributed by atoms with E-state index in [9.17, 15) is 0 Å². The van der Waals surface area contributed by atoms with Crippen LogP contribution in [0, 0.1) is 0 Å². The molecule has 1 heterocycles. The van der Waals surface area contributed by atoms with Gasteiger partial charge in [0.25, 0.3) is 0 Å². The molecule has 0 spiro atoms. The van der Waals surface area contributed by atoms with Gasteiger partial charge in [-0.3, -0.25) is 0 Å². The maximum absolute atomic E-state index is 5.83. The molecule has 5 heteroatoms. The fourth-order valence-corrected chi connectivity index (χ4v) is 3.11. The molecule has 84 valence electrons. The molecule has 0 saturated carbocycles. The first kappa shape index (κ1) is 12.0. The third-order valence-corrected chi connectivity index (χ3v) is 4.27. The first-order valence-corrected chi connectivity index (χ1v) is 7.03. The molecule has 0 amide bonds. The van der Waals surface area contributed by atoms with E-state index in [0.717, 1.165) is 13.8 Å². The van der Waals surface area contributed by atoms with Gasteiger partial charge in [0.2, 0.25) is 0 Å². The summed E-state index contributed by atoms with van der Waals surface area (Å²) in [6.07, 6.45) is 0. The van der Waals surface area contributed by atoms with Crippen LogP contribution < -0.4 is 10.5 Å². The van der Waals surface area contributed by atoms with Gasteiger partial charge in [0.05, 0.1) is 10.2 Å². The number of thiophene rings is 1. The number of nitrogens with two attached hydrogens (primary N) is 1. The Hall–Kier alpha value is -0.520. The van der Waals surface area contributed by atoms with Gasteiger partial charge < -0.3 is 10.5 Å². The van der Waals surface area contributed by atoms with Gasteiger partial charge in [-0.2, -0.15) is 0 Å². The van der Waals surface area contributed by atoms with Crippen LogP contribution >= 0.6 is 43.2 Å². The highest BCUT2D eigenvalue weighted by Gasteiger charge is 2.06. The topological polar surface area (TPSA) is 35.2 Å². The maximum atomic E-state index is 5.83. The fraction of sp³-hybridized carbons (Fsp3) is 0.0909. The Labute approximate surface area is 115 Å². The SMILES string of the molecule is Nc1cccc(Br)c1OCc1cc(Br)cs1. The van der Waals surface area contributed by atoms with Crippen LogP contribution in [0.15, 0.2) is 38.6 Å². The molecule has 2 N–H and O–H groups in total. The van der Waals surface area contributed by atoms with E-state index in [1.807, 2.05) is 29.6 Å². The van der Waals surface area contributed by atoms with Gasteiger partial charge in [-0.05, 0) is 50.1 Å². The predicted molar refractivity (Wildman–Crippen MR) is 74.9 cm³/mol. The largest absolute Gasteiger partial charge is 0.485 e. The third kappa shape index (κ3) is 2.78. The predicted octanol–water partition coefficient (Wildman–Crippen LogP) is 4.43. The van der Waals surface area contributed by atoms with Crippen molar-refractivity contribution < 1.29 is 4.74 Å². The van der Waals surface area contributed by atoms with Gasteiger partial charge in [0.1, 0.15) is 6.61 Å². The van der Waals surface area contributed by atoms with Crippen molar-refractivity contribution in [3.05, 3.63) is 43.5 Å². The smallest absolute Gasteiger partial charge is 0.156 e. The summed E-state index contributed by atoms with van der Waals surface area (Å²) in [5.41, 5.74) is 6.47. The van der Waals surface area contributed by atoms with Gasteiger partial charge in [0, 0.05) is 14.7 Å². The number of para-hydroxylation sites is 1. The molecule has 0 radical (unpaired) electrons. The molecule has 1 aromatic heterocycles. The third-order valence-electron chi connectivity index (χ3n) is 1.98. The molecule has 0 bridgehead atoms. The quantitative estimate of drug-likeness (QED) is 0.819. The molecule has 0 saturated heterocycles. The van der Waals surface area contributed by atoms with Crippen molar-refractivity contribution in [2.75, 3.05) is 5.73 Å². The lowest BCUT2D eigenvalue weighted by molar-refractivity contribution is 0.309. The zero-order chi connectivity index (χ0) is 11.5. The molecular formula is C11H9Br2NOS. The highest BCUT2D eigenvalue weighted by Crippen LogP contribution is 2.32. The van der Waals surface area contributed by atoms with Crippen molar-refractivity contribution in [1.29, 1.82) is 0 Å². The van der Waals surface area contributed by atoms with Crippen LogP contribution in [-0.4, -0.2) is 0 Å². The van der Waals surface area contributed by atoms with Crippen LogP contribution in [0.1, 0.15) is 4.88 Å². The number of anilines is 1. The molecule has 1 aromatic carbocycles. The maximum Gasteiger partial charge on any atom is 0.156 e. The van der Waals surface area contributed by atoms with Crippen LogP contribution in [-0.2, 0) is 6.61 Å². The normalized spacial score (nSPS) is 10.4. The Morgan fingerprint density at radius 1 is 1.31 bits per heavy atom. The highest BCUT2D eigenvalue weighted by atomic mass is 79.9. The Bertz CT molecular complexity index is 478. The zero-order valence-corrected chi connectivity index (χ0v) is 12.2. The summed E-state index contributed by atoms with van der Waals surface area (Å²) in [6.45, 7) is 0.531. The van der Waals surface area contributed by atoms with Crippen molar-refractivity contribution in [2.24, 2.45) is 0 Å². The second kappa shape index (κ2) is 5.21. The van der Waals surface area contributed by atoms with E-state index in [4.69, 9.17) is 10.5 Å². The summed E-state index contributed by atoms with van der Waals surface area (Å²) >= 11 is 8.48. The van der Waals surface area contributed by atoms with Crippen molar-refractivity contribution in [3.8, 4) is 5.75 Å². The average Bonchev–Trinajstić information content (AvgIpc) is 2.63. The number of benzene rings is 1. The number of nitrogen functional groups attached to an aromatic ring is 1. The Kier molecular flexibility index (Phi) is 3.89. The molecule has 0 unspecified atom stereocenters. The summed E-state index contributed by atoms with van der Waals surface area (Å²) < 4.78 is 7.64. The van der Waals surface area contributed by atoms with E-state index in [1.54, 1.807) is 11.3 Å². The molecule has 0 atom stereocenters. The first-order chi connectivity index (χ1) is 7.66. The fourth-order valence-electron chi connectivity index (χ4n) is 1.25. The van der Waals surface area contributed by atoms with Gasteiger partial charge >= 0.3 is 0 Å². The number of rotatable bonds is 3. The van der Waals surface area contributed by atoms with Gasteiger partial charge in [-0.25, -0.2) is 0 Å². The van der Waals surface area contributed by atoms with Crippen LogP contribution in [0.4, 0.5) is 5.69 Å². The molecule has 2 rings (SSSR count). The minimum atomic E-state index is 0.531. The van der Waals surface area contributed by atoms with Gasteiger partial charge in [-0.15, -0.1) is 11.3 Å². The molecule has 16 heavy (non-hydrogen) atoms. The van der Waals surface area contributed by atoms with Crippen molar-refractivity contribution in [1.82, 2.24) is 0 Å². The second-order valence-corrected chi connectivity index (χ2v) is 5.94. The van der Waals surface area contributed by atoms with Crippen LogP contribution in [0.3, 0.4) is 0 Å². The molecule has 0 aliphatic carbocycles. The highest BCUT2D eigenvalue weighted by molar-refractivity contribution is 9.10. The Morgan fingerprint density at radius 3 is 2.75 bits per heavy atom. The standard InChI is InChI=1S/C11H9Br2NOS/c12-7-4-8(16-6-7)5-15-11-9(13)2-1-3-10(11)14/h1-4,6H,5,14H2. The first-order valence-electron chi connectivity index (χ1n) is 4.56. The lowest BCUT2D eigenvalue weighted by Crippen LogP contribution is -1.97. The van der Waals surface area contributed by atoms with Crippen LogP contribution in [0.2, 0.25) is 0 Å². The summed E-state index contributed by atoms with van der Waals surface area (Å²) in [7, 11) is 0. The van der Waals surface area contributed by atoms with Gasteiger partial charge in [0.15, 0.2) is 5.75 Å². The monoisotopic (exact) mass is 361 g/mol. The van der Waals surface area contributed by atoms with E-state index in [2.05, 4.69) is 31.9 Å². The van der Waals surface area contributed by atoms with Gasteiger partial charge in [-0.1, -0.05) is 6.07 Å². The van der Waals surface area contributed by atoms with Crippen LogP contribution in [0.5, 0.6) is 5.75 Å². The van der Waals surface area contributed by atoms with E-state index in [0.29, 0.717) is 18.0 Å². The number of hydrogen-bond donors (Lipinski definition) is 1. The summed E-state index contributed by atoms with van der Waals surface area (Å²) in [5, 5.41) is 2.03. The lowest BCUT2D eigenvalue weighted by atomic mass is 10.3. The Balaban J connectivity index is 2.10. The second-order valence-electron chi connectivity index (χ2n) is 3.18. The molecule has 0 fully saturated rings. The summed E-state index contributed by atoms with van der Waals surface area (Å²) in [6, 6.07) is 7.66. The minimum absolute atomic E-state index is 0.531. The Morgan fingerprint density at radius 2 is 2.12 bits per heavy atom. The molecule has 2 aromatic rings. The van der Waals surface area contributed by atoms with Crippen molar-refractivity contribution in [2.45, 2.75) is 6.61 Å². The van der Waals surface area contributed by atoms with E-state index >= 15 is 0 Å². The van der Waals surface area contributed by atoms with E-state index < -0.39 is 0 Å².